The molecule has 0 spiro atoms. The first-order valence-electron chi connectivity index (χ1n) is 8.43. The number of anilines is 1. The Labute approximate surface area is 146 Å². The molecule has 1 aliphatic heterocycles. The number of nitrogens with zero attached hydrogens (tertiary/aromatic N) is 1. The van der Waals surface area contributed by atoms with E-state index in [0.29, 0.717) is 12.1 Å². The molecule has 3 rings (SSSR count). The number of rotatable bonds is 4. The molecular weight excluding hydrogens is 319 g/mol. The van der Waals surface area contributed by atoms with Crippen LogP contribution in [0.5, 0.6) is 0 Å². The fourth-order valence-electron chi connectivity index (χ4n) is 3.07. The van der Waals surface area contributed by atoms with E-state index in [9.17, 15) is 14.0 Å². The molecule has 2 aromatic carbocycles. The quantitative estimate of drug-likeness (QED) is 0.929. The van der Waals surface area contributed by atoms with Crippen molar-refractivity contribution in [1.29, 1.82) is 0 Å². The van der Waals surface area contributed by atoms with Gasteiger partial charge in [-0.1, -0.05) is 32.0 Å². The lowest BCUT2D eigenvalue weighted by molar-refractivity contribution is -0.121. The van der Waals surface area contributed by atoms with Crippen LogP contribution in [0.2, 0.25) is 0 Å². The summed E-state index contributed by atoms with van der Waals surface area (Å²) in [5.41, 5.74) is 2.39. The Balaban J connectivity index is 1.78. The number of carbonyl (C=O) groups is 2. The number of hydrogen-bond donors (Lipinski definition) is 1. The molecule has 4 nitrogen and oxygen atoms in total. The minimum absolute atomic E-state index is 0.0651. The molecule has 1 atom stereocenters. The molecule has 0 aromatic heterocycles. The normalized spacial score (nSPS) is 14.3. The number of hydrogen-bond acceptors (Lipinski definition) is 2. The molecule has 0 saturated carbocycles. The first kappa shape index (κ1) is 17.1. The number of carbonyl (C=O) groups excluding carboxylic acids is 2. The maximum Gasteiger partial charge on any atom is 0.251 e. The zero-order valence-electron chi connectivity index (χ0n) is 14.3. The summed E-state index contributed by atoms with van der Waals surface area (Å²) in [4.78, 5) is 27.2. The molecule has 0 fully saturated rings. The van der Waals surface area contributed by atoms with Crippen LogP contribution in [0, 0.1) is 11.7 Å². The Kier molecular flexibility index (Phi) is 4.83. The fraction of sp³-hybridized carbons (Fsp3) is 0.300. The summed E-state index contributed by atoms with van der Waals surface area (Å²) in [6, 6.07) is 12.5. The number of para-hydroxylation sites is 1. The zero-order chi connectivity index (χ0) is 18.0. The SMILES string of the molecule is CC(C)[C@@H](NC(=O)c1ccc(F)cc1)C(=O)N1CCc2ccccc21. The van der Waals surface area contributed by atoms with Gasteiger partial charge in [0.25, 0.3) is 5.91 Å². The molecule has 0 bridgehead atoms. The van der Waals surface area contributed by atoms with Crippen molar-refractivity contribution in [2.75, 3.05) is 11.4 Å². The van der Waals surface area contributed by atoms with Gasteiger partial charge in [-0.15, -0.1) is 0 Å². The summed E-state index contributed by atoms with van der Waals surface area (Å²) < 4.78 is 13.0. The molecule has 0 aliphatic carbocycles. The maximum absolute atomic E-state index is 13.0. The van der Waals surface area contributed by atoms with Crippen molar-refractivity contribution in [1.82, 2.24) is 5.32 Å². The molecule has 0 unspecified atom stereocenters. The smallest absolute Gasteiger partial charge is 0.251 e. The molecule has 0 saturated heterocycles. The van der Waals surface area contributed by atoms with Crippen LogP contribution in [0.4, 0.5) is 10.1 Å². The monoisotopic (exact) mass is 340 g/mol. The van der Waals surface area contributed by atoms with Gasteiger partial charge in [-0.3, -0.25) is 9.59 Å². The van der Waals surface area contributed by atoms with Crippen molar-refractivity contribution < 1.29 is 14.0 Å². The van der Waals surface area contributed by atoms with Gasteiger partial charge in [0.05, 0.1) is 0 Å². The van der Waals surface area contributed by atoms with Crippen molar-refractivity contribution >= 4 is 17.5 Å². The van der Waals surface area contributed by atoms with Crippen LogP contribution < -0.4 is 10.2 Å². The van der Waals surface area contributed by atoms with Gasteiger partial charge < -0.3 is 10.2 Å². The Hall–Kier alpha value is -2.69. The van der Waals surface area contributed by atoms with E-state index in [-0.39, 0.29) is 17.7 Å². The van der Waals surface area contributed by atoms with Gasteiger partial charge in [0.15, 0.2) is 0 Å². The van der Waals surface area contributed by atoms with Gasteiger partial charge in [0, 0.05) is 17.8 Å². The van der Waals surface area contributed by atoms with E-state index in [2.05, 4.69) is 5.32 Å². The topological polar surface area (TPSA) is 49.4 Å². The number of nitrogens with one attached hydrogen (secondary N) is 1. The Morgan fingerprint density at radius 1 is 1.08 bits per heavy atom. The first-order valence-corrected chi connectivity index (χ1v) is 8.43. The molecule has 130 valence electrons. The van der Waals surface area contributed by atoms with Crippen LogP contribution >= 0.6 is 0 Å². The van der Waals surface area contributed by atoms with E-state index in [0.717, 1.165) is 17.7 Å². The van der Waals surface area contributed by atoms with Gasteiger partial charge in [-0.05, 0) is 48.2 Å². The van der Waals surface area contributed by atoms with E-state index in [1.54, 1.807) is 4.90 Å². The number of benzene rings is 2. The Morgan fingerprint density at radius 2 is 1.76 bits per heavy atom. The third-order valence-corrected chi connectivity index (χ3v) is 4.48. The molecule has 2 aromatic rings. The van der Waals surface area contributed by atoms with E-state index in [1.807, 2.05) is 38.1 Å². The molecule has 1 N–H and O–H groups in total. The van der Waals surface area contributed by atoms with Crippen molar-refractivity contribution in [2.24, 2.45) is 5.92 Å². The van der Waals surface area contributed by atoms with E-state index < -0.39 is 11.9 Å². The summed E-state index contributed by atoms with van der Waals surface area (Å²) in [6.07, 6.45) is 0.818. The van der Waals surface area contributed by atoms with Crippen molar-refractivity contribution in [3.05, 3.63) is 65.5 Å². The lowest BCUT2D eigenvalue weighted by atomic mass is 10.0. The predicted octanol–water partition coefficient (Wildman–Crippen LogP) is 3.17. The second-order valence-corrected chi connectivity index (χ2v) is 6.57. The van der Waals surface area contributed by atoms with Crippen LogP contribution in [-0.4, -0.2) is 24.4 Å². The molecule has 1 aliphatic rings. The summed E-state index contributed by atoms with van der Waals surface area (Å²) in [5.74, 6) is -0.957. The van der Waals surface area contributed by atoms with Crippen molar-refractivity contribution in [3.63, 3.8) is 0 Å². The standard InChI is InChI=1S/C20H21FN2O2/c1-13(2)18(22-19(24)15-7-9-16(21)10-8-15)20(25)23-12-11-14-5-3-4-6-17(14)23/h3-10,13,18H,11-12H2,1-2H3,(H,22,24)/t18-/m1/s1. The van der Waals surface area contributed by atoms with Crippen LogP contribution in [-0.2, 0) is 11.2 Å². The number of fused-ring (bicyclic) bond motifs is 1. The lowest BCUT2D eigenvalue weighted by Gasteiger charge is -2.27. The number of amides is 2. The molecular formula is C20H21FN2O2. The summed E-state index contributed by atoms with van der Waals surface area (Å²) in [5, 5.41) is 2.81. The lowest BCUT2D eigenvalue weighted by Crippen LogP contribution is -2.51. The van der Waals surface area contributed by atoms with Crippen LogP contribution in [0.1, 0.15) is 29.8 Å². The number of halogens is 1. The van der Waals surface area contributed by atoms with Gasteiger partial charge >= 0.3 is 0 Å². The minimum atomic E-state index is -0.635. The first-order chi connectivity index (χ1) is 12.0. The molecule has 1 heterocycles. The van der Waals surface area contributed by atoms with Crippen LogP contribution in [0.15, 0.2) is 48.5 Å². The Bertz CT molecular complexity index is 787. The van der Waals surface area contributed by atoms with Gasteiger partial charge in [0.2, 0.25) is 5.91 Å². The highest BCUT2D eigenvalue weighted by Gasteiger charge is 2.32. The van der Waals surface area contributed by atoms with Crippen LogP contribution in [0.25, 0.3) is 0 Å². The fourth-order valence-corrected chi connectivity index (χ4v) is 3.07. The summed E-state index contributed by atoms with van der Waals surface area (Å²) in [7, 11) is 0. The minimum Gasteiger partial charge on any atom is -0.340 e. The average molecular weight is 340 g/mol. The average Bonchev–Trinajstić information content (AvgIpc) is 3.03. The van der Waals surface area contributed by atoms with E-state index in [4.69, 9.17) is 0 Å². The third-order valence-electron chi connectivity index (χ3n) is 4.48. The van der Waals surface area contributed by atoms with Crippen LogP contribution in [0.3, 0.4) is 0 Å². The summed E-state index contributed by atoms with van der Waals surface area (Å²) >= 11 is 0. The van der Waals surface area contributed by atoms with Gasteiger partial charge in [0.1, 0.15) is 11.9 Å². The maximum atomic E-state index is 13.0. The second-order valence-electron chi connectivity index (χ2n) is 6.57. The van der Waals surface area contributed by atoms with Gasteiger partial charge in [-0.25, -0.2) is 4.39 Å². The third kappa shape index (κ3) is 3.55. The largest absolute Gasteiger partial charge is 0.340 e. The Morgan fingerprint density at radius 3 is 2.44 bits per heavy atom. The molecule has 25 heavy (non-hydrogen) atoms. The van der Waals surface area contributed by atoms with Gasteiger partial charge in [-0.2, -0.15) is 0 Å². The van der Waals surface area contributed by atoms with Crippen molar-refractivity contribution in [2.45, 2.75) is 26.3 Å². The zero-order valence-corrected chi connectivity index (χ0v) is 14.3. The van der Waals surface area contributed by atoms with E-state index >= 15 is 0 Å². The predicted molar refractivity (Wildman–Crippen MR) is 95.0 cm³/mol. The summed E-state index contributed by atoms with van der Waals surface area (Å²) in [6.45, 7) is 4.42. The highest BCUT2D eigenvalue weighted by Crippen LogP contribution is 2.28. The second kappa shape index (κ2) is 7.05. The molecule has 2 amide bonds. The highest BCUT2D eigenvalue weighted by molar-refractivity contribution is 6.03. The van der Waals surface area contributed by atoms with Crippen molar-refractivity contribution in [3.8, 4) is 0 Å². The van der Waals surface area contributed by atoms with E-state index in [1.165, 1.54) is 24.3 Å². The molecule has 0 radical (unpaired) electrons. The molecule has 5 heteroatoms. The highest BCUT2D eigenvalue weighted by atomic mass is 19.1.